The van der Waals surface area contributed by atoms with Gasteiger partial charge in [-0.25, -0.2) is 17.9 Å². The zero-order valence-corrected chi connectivity index (χ0v) is 16.0. The average molecular weight is 375 g/mol. The molecule has 3 aromatic rings. The van der Waals surface area contributed by atoms with E-state index in [0.717, 1.165) is 17.6 Å². The Labute approximate surface area is 152 Å². The summed E-state index contributed by atoms with van der Waals surface area (Å²) in [6.45, 7) is 6.25. The predicted octanol–water partition coefficient (Wildman–Crippen LogP) is 2.11. The van der Waals surface area contributed by atoms with Crippen molar-refractivity contribution in [3.05, 3.63) is 47.5 Å². The number of aryl methyl sites for hydroxylation is 2. The normalized spacial score (nSPS) is 11.7. The van der Waals surface area contributed by atoms with E-state index in [2.05, 4.69) is 15.1 Å². The lowest BCUT2D eigenvalue weighted by atomic mass is 10.3. The van der Waals surface area contributed by atoms with E-state index in [-0.39, 0.29) is 6.54 Å². The summed E-state index contributed by atoms with van der Waals surface area (Å²) in [6, 6.07) is 8.78. The van der Waals surface area contributed by atoms with Crippen LogP contribution in [-0.2, 0) is 16.6 Å². The summed E-state index contributed by atoms with van der Waals surface area (Å²) in [5.74, 6) is 1.52. The number of anilines is 1. The Bertz CT molecular complexity index is 1030. The number of fused-ring (bicyclic) bond motifs is 1. The van der Waals surface area contributed by atoms with Crippen LogP contribution in [0.15, 0.2) is 30.3 Å². The van der Waals surface area contributed by atoms with Crippen LogP contribution in [0.25, 0.3) is 5.78 Å². The molecule has 0 bridgehead atoms. The van der Waals surface area contributed by atoms with Crippen molar-refractivity contribution in [2.24, 2.45) is 0 Å². The van der Waals surface area contributed by atoms with Crippen LogP contribution in [0.4, 0.5) is 5.69 Å². The highest BCUT2D eigenvalue weighted by Gasteiger charge is 2.21. The van der Waals surface area contributed by atoms with E-state index < -0.39 is 10.0 Å². The summed E-state index contributed by atoms with van der Waals surface area (Å²) in [5.41, 5.74) is 2.24. The summed E-state index contributed by atoms with van der Waals surface area (Å²) in [4.78, 5) is 8.71. The van der Waals surface area contributed by atoms with Crippen LogP contribution in [0, 0.1) is 13.8 Å². The van der Waals surface area contributed by atoms with Crippen molar-refractivity contribution < 1.29 is 13.2 Å². The molecule has 1 aromatic carbocycles. The molecule has 0 N–H and O–H groups in total. The highest BCUT2D eigenvalue weighted by atomic mass is 32.2. The van der Waals surface area contributed by atoms with Gasteiger partial charge in [0, 0.05) is 11.4 Å². The molecular weight excluding hydrogens is 354 g/mol. The van der Waals surface area contributed by atoms with E-state index in [0.29, 0.717) is 29.6 Å². The maximum atomic E-state index is 12.3. The van der Waals surface area contributed by atoms with Gasteiger partial charge in [0.25, 0.3) is 5.78 Å². The highest BCUT2D eigenvalue weighted by molar-refractivity contribution is 7.92. The fourth-order valence-electron chi connectivity index (χ4n) is 2.68. The van der Waals surface area contributed by atoms with Crippen molar-refractivity contribution >= 4 is 21.5 Å². The van der Waals surface area contributed by atoms with Gasteiger partial charge in [0.2, 0.25) is 10.0 Å². The third-order valence-corrected chi connectivity index (χ3v) is 4.92. The van der Waals surface area contributed by atoms with Gasteiger partial charge >= 0.3 is 0 Å². The summed E-state index contributed by atoms with van der Waals surface area (Å²) < 4.78 is 32.9. The lowest BCUT2D eigenvalue weighted by Gasteiger charge is -2.21. The minimum atomic E-state index is -3.51. The number of hydrogen-bond donors (Lipinski definition) is 0. The lowest BCUT2D eigenvalue weighted by molar-refractivity contribution is 0.340. The molecule has 0 unspecified atom stereocenters. The zero-order chi connectivity index (χ0) is 18.9. The van der Waals surface area contributed by atoms with Gasteiger partial charge in [0.1, 0.15) is 5.75 Å². The smallest absolute Gasteiger partial charge is 0.252 e. The molecule has 8 nitrogen and oxygen atoms in total. The van der Waals surface area contributed by atoms with Gasteiger partial charge in [-0.05, 0) is 51.1 Å². The molecule has 0 amide bonds. The van der Waals surface area contributed by atoms with Gasteiger partial charge in [0.15, 0.2) is 5.82 Å². The van der Waals surface area contributed by atoms with Crippen molar-refractivity contribution in [2.45, 2.75) is 27.3 Å². The molecule has 0 aliphatic heterocycles. The Balaban J connectivity index is 1.96. The molecule has 2 heterocycles. The Kier molecular flexibility index (Phi) is 4.82. The molecule has 0 saturated carbocycles. The average Bonchev–Trinajstić information content (AvgIpc) is 2.96. The van der Waals surface area contributed by atoms with Crippen molar-refractivity contribution in [2.75, 3.05) is 17.2 Å². The first-order valence-electron chi connectivity index (χ1n) is 8.18. The molecule has 9 heteroatoms. The first kappa shape index (κ1) is 18.1. The number of rotatable bonds is 6. The van der Waals surface area contributed by atoms with Crippen LogP contribution in [0.3, 0.4) is 0 Å². The maximum absolute atomic E-state index is 12.3. The zero-order valence-electron chi connectivity index (χ0n) is 15.2. The minimum Gasteiger partial charge on any atom is -0.494 e. The van der Waals surface area contributed by atoms with E-state index in [1.54, 1.807) is 28.8 Å². The Morgan fingerprint density at radius 3 is 2.46 bits per heavy atom. The van der Waals surface area contributed by atoms with Crippen LogP contribution in [-0.4, -0.2) is 40.9 Å². The number of sulfonamides is 1. The maximum Gasteiger partial charge on any atom is 0.252 e. The van der Waals surface area contributed by atoms with Gasteiger partial charge in [-0.3, -0.25) is 4.31 Å². The summed E-state index contributed by atoms with van der Waals surface area (Å²) >= 11 is 0. The molecule has 2 aromatic heterocycles. The van der Waals surface area contributed by atoms with E-state index in [4.69, 9.17) is 4.74 Å². The summed E-state index contributed by atoms with van der Waals surface area (Å²) in [7, 11) is -3.51. The number of benzene rings is 1. The molecule has 0 atom stereocenters. The third-order valence-electron chi connectivity index (χ3n) is 3.78. The Hall–Kier alpha value is -2.68. The number of nitrogens with zero attached hydrogens (tertiary/aromatic N) is 5. The molecule has 26 heavy (non-hydrogen) atoms. The minimum absolute atomic E-state index is 0.0225. The number of hydrogen-bond acceptors (Lipinski definition) is 6. The predicted molar refractivity (Wildman–Crippen MR) is 98.9 cm³/mol. The number of ether oxygens (including phenoxy) is 1. The third kappa shape index (κ3) is 3.77. The second-order valence-corrected chi connectivity index (χ2v) is 7.88. The fourth-order valence-corrected chi connectivity index (χ4v) is 3.53. The van der Waals surface area contributed by atoms with Crippen molar-refractivity contribution in [1.82, 2.24) is 19.6 Å². The first-order valence-corrected chi connectivity index (χ1v) is 10.0. The van der Waals surface area contributed by atoms with E-state index in [9.17, 15) is 8.42 Å². The van der Waals surface area contributed by atoms with Crippen LogP contribution < -0.4 is 9.04 Å². The topological polar surface area (TPSA) is 89.7 Å². The molecule has 3 rings (SSSR count). The Morgan fingerprint density at radius 2 is 1.85 bits per heavy atom. The fraction of sp³-hybridized carbons (Fsp3) is 0.353. The quantitative estimate of drug-likeness (QED) is 0.655. The molecule has 0 aliphatic carbocycles. The summed E-state index contributed by atoms with van der Waals surface area (Å²) in [6.07, 6.45) is 1.16. The van der Waals surface area contributed by atoms with Gasteiger partial charge in [-0.15, -0.1) is 5.10 Å². The van der Waals surface area contributed by atoms with Gasteiger partial charge in [-0.2, -0.15) is 4.98 Å². The molecule has 138 valence electrons. The molecule has 0 radical (unpaired) electrons. The Morgan fingerprint density at radius 1 is 1.15 bits per heavy atom. The SMILES string of the molecule is CCOc1ccc(N(Cc2nc3nc(C)cc(C)n3n2)S(C)(=O)=O)cc1. The lowest BCUT2D eigenvalue weighted by Crippen LogP contribution is -2.29. The first-order chi connectivity index (χ1) is 12.3. The molecule has 0 aliphatic rings. The van der Waals surface area contributed by atoms with Crippen molar-refractivity contribution in [3.63, 3.8) is 0 Å². The summed E-state index contributed by atoms with van der Waals surface area (Å²) in [5, 5.41) is 4.39. The largest absolute Gasteiger partial charge is 0.494 e. The standard InChI is InChI=1S/C17H21N5O3S/c1-5-25-15-8-6-14(7-9-15)21(26(4,23)24)11-16-19-17-18-12(2)10-13(3)22(17)20-16/h6-10H,5,11H2,1-4H3. The van der Waals surface area contributed by atoms with E-state index in [1.165, 1.54) is 4.31 Å². The van der Waals surface area contributed by atoms with Gasteiger partial charge in [0.05, 0.1) is 25.1 Å². The van der Waals surface area contributed by atoms with Crippen molar-refractivity contribution in [3.8, 4) is 5.75 Å². The number of aromatic nitrogens is 4. The monoisotopic (exact) mass is 375 g/mol. The van der Waals surface area contributed by atoms with Crippen LogP contribution >= 0.6 is 0 Å². The van der Waals surface area contributed by atoms with Crippen LogP contribution in [0.2, 0.25) is 0 Å². The van der Waals surface area contributed by atoms with Crippen LogP contribution in [0.5, 0.6) is 5.75 Å². The second-order valence-electron chi connectivity index (χ2n) is 5.98. The highest BCUT2D eigenvalue weighted by Crippen LogP contribution is 2.23. The van der Waals surface area contributed by atoms with Crippen LogP contribution in [0.1, 0.15) is 24.1 Å². The molecule has 0 spiro atoms. The molecule has 0 fully saturated rings. The van der Waals surface area contributed by atoms with Gasteiger partial charge < -0.3 is 4.74 Å². The van der Waals surface area contributed by atoms with E-state index in [1.807, 2.05) is 26.8 Å². The second kappa shape index (κ2) is 6.91. The van der Waals surface area contributed by atoms with Gasteiger partial charge in [-0.1, -0.05) is 0 Å². The molecule has 0 saturated heterocycles. The molecular formula is C17H21N5O3S. The van der Waals surface area contributed by atoms with Crippen molar-refractivity contribution in [1.29, 1.82) is 0 Å². The van der Waals surface area contributed by atoms with E-state index >= 15 is 0 Å².